The Hall–Kier alpha value is -2.35. The smallest absolute Gasteiger partial charge is 0.334 e. The molecule has 0 aromatic heterocycles. The average molecular weight is 282 g/mol. The highest BCUT2D eigenvalue weighted by molar-refractivity contribution is 5.74. The lowest BCUT2D eigenvalue weighted by Crippen LogP contribution is -2.46. The van der Waals surface area contributed by atoms with Crippen LogP contribution in [0.1, 0.15) is 0 Å². The lowest BCUT2D eigenvalue weighted by atomic mass is 10.2. The number of carbonyl (C=O) groups is 1. The van der Waals surface area contributed by atoms with Crippen LogP contribution >= 0.6 is 0 Å². The Kier molecular flexibility index (Phi) is 4.04. The predicted molar refractivity (Wildman–Crippen MR) is 69.2 cm³/mol. The molecule has 1 aliphatic heterocycles. The zero-order valence-electron chi connectivity index (χ0n) is 10.8. The highest BCUT2D eigenvalue weighted by atomic mass is 16.6. The van der Waals surface area contributed by atoms with Crippen LogP contribution in [0.4, 0.5) is 11.4 Å². The van der Waals surface area contributed by atoms with Crippen molar-refractivity contribution in [3.05, 3.63) is 28.3 Å². The van der Waals surface area contributed by atoms with Gasteiger partial charge >= 0.3 is 5.97 Å². The van der Waals surface area contributed by atoms with E-state index < -0.39 is 17.0 Å². The molecule has 0 aliphatic carbocycles. The summed E-state index contributed by atoms with van der Waals surface area (Å²) in [7, 11) is 1.42. The van der Waals surface area contributed by atoms with Gasteiger partial charge in [0.15, 0.2) is 6.10 Å². The first-order valence-electron chi connectivity index (χ1n) is 5.94. The molecule has 0 spiro atoms. The van der Waals surface area contributed by atoms with Crippen LogP contribution in [0.2, 0.25) is 0 Å². The summed E-state index contributed by atoms with van der Waals surface area (Å²) < 4.78 is 10.1. The average Bonchev–Trinajstić information content (AvgIpc) is 2.46. The number of hydrogen-bond donors (Lipinski definition) is 1. The predicted octanol–water partition coefficient (Wildman–Crippen LogP) is 0.893. The SMILES string of the molecule is COc1ccc(N2CCOC(C(=O)O)C2)c([N+](=O)[O-])c1. The van der Waals surface area contributed by atoms with Gasteiger partial charge in [0.05, 0.1) is 31.3 Å². The number of methoxy groups -OCH3 is 1. The van der Waals surface area contributed by atoms with Gasteiger partial charge < -0.3 is 19.5 Å². The van der Waals surface area contributed by atoms with E-state index in [0.717, 1.165) is 0 Å². The van der Waals surface area contributed by atoms with Crippen molar-refractivity contribution in [1.82, 2.24) is 0 Å². The standard InChI is InChI=1S/C12H14N2O6/c1-19-8-2-3-9(10(6-8)14(17)18)13-4-5-20-11(7-13)12(15)16/h2-3,6,11H,4-5,7H2,1H3,(H,15,16). The van der Waals surface area contributed by atoms with E-state index in [1.54, 1.807) is 17.0 Å². The third-order valence-electron chi connectivity index (χ3n) is 3.06. The van der Waals surface area contributed by atoms with Crippen LogP contribution in [0.3, 0.4) is 0 Å². The molecule has 8 nitrogen and oxygen atoms in total. The molecule has 1 unspecified atom stereocenters. The van der Waals surface area contributed by atoms with E-state index in [0.29, 0.717) is 18.0 Å². The minimum absolute atomic E-state index is 0.0719. The number of nitrogens with zero attached hydrogens (tertiary/aromatic N) is 2. The van der Waals surface area contributed by atoms with Gasteiger partial charge in [-0.25, -0.2) is 4.79 Å². The van der Waals surface area contributed by atoms with Gasteiger partial charge in [-0.05, 0) is 12.1 Å². The summed E-state index contributed by atoms with van der Waals surface area (Å²) in [5.74, 6) is -0.700. The molecule has 1 aromatic carbocycles. The van der Waals surface area contributed by atoms with E-state index in [-0.39, 0.29) is 18.8 Å². The van der Waals surface area contributed by atoms with Crippen LogP contribution in [0, 0.1) is 10.1 Å². The maximum absolute atomic E-state index is 11.1. The highest BCUT2D eigenvalue weighted by Gasteiger charge is 2.30. The second kappa shape index (κ2) is 5.74. The van der Waals surface area contributed by atoms with Crippen LogP contribution in [0.25, 0.3) is 0 Å². The molecule has 20 heavy (non-hydrogen) atoms. The third kappa shape index (κ3) is 2.80. The Balaban J connectivity index is 2.31. The topological polar surface area (TPSA) is 102 Å². The summed E-state index contributed by atoms with van der Waals surface area (Å²) in [5, 5.41) is 20.1. The van der Waals surface area contributed by atoms with Gasteiger partial charge in [-0.3, -0.25) is 10.1 Å². The largest absolute Gasteiger partial charge is 0.496 e. The molecule has 0 radical (unpaired) electrons. The molecule has 1 fully saturated rings. The number of anilines is 1. The number of carboxylic acids is 1. The maximum atomic E-state index is 11.1. The van der Waals surface area contributed by atoms with Crippen molar-refractivity contribution >= 4 is 17.3 Å². The number of hydrogen-bond acceptors (Lipinski definition) is 6. The van der Waals surface area contributed by atoms with E-state index in [2.05, 4.69) is 0 Å². The maximum Gasteiger partial charge on any atom is 0.334 e. The van der Waals surface area contributed by atoms with Crippen molar-refractivity contribution in [2.45, 2.75) is 6.10 Å². The minimum atomic E-state index is -1.08. The first kappa shape index (κ1) is 14.1. The summed E-state index contributed by atoms with van der Waals surface area (Å²) in [4.78, 5) is 23.2. The molecular weight excluding hydrogens is 268 g/mol. The van der Waals surface area contributed by atoms with Crippen LogP contribution in [0.15, 0.2) is 18.2 Å². The monoisotopic (exact) mass is 282 g/mol. The van der Waals surface area contributed by atoms with E-state index >= 15 is 0 Å². The fourth-order valence-corrected chi connectivity index (χ4v) is 2.06. The molecule has 8 heteroatoms. The highest BCUT2D eigenvalue weighted by Crippen LogP contribution is 2.32. The van der Waals surface area contributed by atoms with Crippen molar-refractivity contribution in [3.63, 3.8) is 0 Å². The van der Waals surface area contributed by atoms with Crippen LogP contribution in [-0.2, 0) is 9.53 Å². The number of nitro groups is 1. The van der Waals surface area contributed by atoms with Gasteiger partial charge in [0.1, 0.15) is 11.4 Å². The van der Waals surface area contributed by atoms with Gasteiger partial charge in [-0.15, -0.1) is 0 Å². The molecular formula is C12H14N2O6. The van der Waals surface area contributed by atoms with E-state index in [1.807, 2.05) is 0 Å². The number of rotatable bonds is 4. The first-order chi connectivity index (χ1) is 9.52. The summed E-state index contributed by atoms with van der Waals surface area (Å²) in [6.07, 6.45) is -0.981. The molecule has 1 atom stereocenters. The second-order valence-corrected chi connectivity index (χ2v) is 4.26. The van der Waals surface area contributed by atoms with Crippen LogP contribution < -0.4 is 9.64 Å². The fourth-order valence-electron chi connectivity index (χ4n) is 2.06. The molecule has 1 saturated heterocycles. The molecule has 1 aromatic rings. The summed E-state index contributed by atoms with van der Waals surface area (Å²) >= 11 is 0. The lowest BCUT2D eigenvalue weighted by Gasteiger charge is -2.32. The summed E-state index contributed by atoms with van der Waals surface area (Å²) in [5.41, 5.74) is 0.251. The van der Waals surface area contributed by atoms with Crippen molar-refractivity contribution in [3.8, 4) is 5.75 Å². The van der Waals surface area contributed by atoms with E-state index in [4.69, 9.17) is 14.6 Å². The minimum Gasteiger partial charge on any atom is -0.496 e. The van der Waals surface area contributed by atoms with Gasteiger partial charge in [-0.2, -0.15) is 0 Å². The van der Waals surface area contributed by atoms with Crippen LogP contribution in [-0.4, -0.2) is 48.9 Å². The quantitative estimate of drug-likeness (QED) is 0.646. The summed E-state index contributed by atoms with van der Waals surface area (Å²) in [6.45, 7) is 0.680. The lowest BCUT2D eigenvalue weighted by molar-refractivity contribution is -0.384. The van der Waals surface area contributed by atoms with Gasteiger partial charge in [0.2, 0.25) is 0 Å². The zero-order valence-corrected chi connectivity index (χ0v) is 10.8. The molecule has 1 aliphatic rings. The van der Waals surface area contributed by atoms with Gasteiger partial charge in [0.25, 0.3) is 5.69 Å². The number of nitro benzene ring substituents is 1. The molecule has 108 valence electrons. The Morgan fingerprint density at radius 2 is 2.35 bits per heavy atom. The molecule has 1 heterocycles. The van der Waals surface area contributed by atoms with Crippen molar-refractivity contribution in [1.29, 1.82) is 0 Å². The van der Waals surface area contributed by atoms with Crippen molar-refractivity contribution in [2.24, 2.45) is 0 Å². The number of ether oxygens (including phenoxy) is 2. The molecule has 0 amide bonds. The Labute approximate surface area is 114 Å². The number of aliphatic carboxylic acids is 1. The normalized spacial score (nSPS) is 18.6. The first-order valence-corrected chi connectivity index (χ1v) is 5.94. The second-order valence-electron chi connectivity index (χ2n) is 4.26. The Morgan fingerprint density at radius 3 is 2.95 bits per heavy atom. The number of morpholine rings is 1. The van der Waals surface area contributed by atoms with Gasteiger partial charge in [0, 0.05) is 6.54 Å². The van der Waals surface area contributed by atoms with Crippen molar-refractivity contribution < 1.29 is 24.3 Å². The molecule has 0 bridgehead atoms. The van der Waals surface area contributed by atoms with Crippen molar-refractivity contribution in [2.75, 3.05) is 31.7 Å². The Morgan fingerprint density at radius 1 is 1.60 bits per heavy atom. The fraction of sp³-hybridized carbons (Fsp3) is 0.417. The Bertz CT molecular complexity index is 533. The third-order valence-corrected chi connectivity index (χ3v) is 3.06. The van der Waals surface area contributed by atoms with E-state index in [1.165, 1.54) is 13.2 Å². The van der Waals surface area contributed by atoms with Crippen LogP contribution in [0.5, 0.6) is 5.75 Å². The zero-order chi connectivity index (χ0) is 14.7. The number of carboxylic acid groups (broad SMARTS) is 1. The number of benzene rings is 1. The molecule has 2 rings (SSSR count). The van der Waals surface area contributed by atoms with Gasteiger partial charge in [-0.1, -0.05) is 0 Å². The summed E-state index contributed by atoms with van der Waals surface area (Å²) in [6, 6.07) is 4.48. The molecule has 0 saturated carbocycles. The van der Waals surface area contributed by atoms with E-state index in [9.17, 15) is 14.9 Å². The molecule has 1 N–H and O–H groups in total.